The summed E-state index contributed by atoms with van der Waals surface area (Å²) in [6.45, 7) is 2.89. The van der Waals surface area contributed by atoms with Gasteiger partial charge in [-0.05, 0) is 38.5 Å². The van der Waals surface area contributed by atoms with Gasteiger partial charge in [0.2, 0.25) is 0 Å². The molecular formula is C18H28F3N5S. The van der Waals surface area contributed by atoms with Crippen LogP contribution in [0.3, 0.4) is 0 Å². The van der Waals surface area contributed by atoms with E-state index in [9.17, 15) is 13.2 Å². The summed E-state index contributed by atoms with van der Waals surface area (Å²) in [5.74, 6) is -0.500. The van der Waals surface area contributed by atoms with Crippen LogP contribution >= 0.6 is 11.3 Å². The maximum Gasteiger partial charge on any atom is 0.391 e. The van der Waals surface area contributed by atoms with Gasteiger partial charge < -0.3 is 15.5 Å². The Labute approximate surface area is 162 Å². The fourth-order valence-electron chi connectivity index (χ4n) is 3.73. The maximum atomic E-state index is 12.8. The molecule has 1 aliphatic heterocycles. The molecule has 5 nitrogen and oxygen atoms in total. The van der Waals surface area contributed by atoms with Crippen LogP contribution in [0.15, 0.2) is 10.4 Å². The SMILES string of the molecule is CN=C(NCCc1csc(N2CCCC2)n1)NC1CCC(C(F)(F)F)CC1. The van der Waals surface area contributed by atoms with Gasteiger partial charge in [0.1, 0.15) is 0 Å². The van der Waals surface area contributed by atoms with E-state index >= 15 is 0 Å². The lowest BCUT2D eigenvalue weighted by Crippen LogP contribution is -2.46. The van der Waals surface area contributed by atoms with Crippen LogP contribution in [0.2, 0.25) is 0 Å². The highest BCUT2D eigenvalue weighted by Crippen LogP contribution is 2.37. The van der Waals surface area contributed by atoms with E-state index in [4.69, 9.17) is 4.98 Å². The summed E-state index contributed by atoms with van der Waals surface area (Å²) in [7, 11) is 1.69. The molecule has 1 aliphatic carbocycles. The maximum absolute atomic E-state index is 12.8. The van der Waals surface area contributed by atoms with Gasteiger partial charge in [-0.2, -0.15) is 13.2 Å². The molecule has 0 spiro atoms. The molecule has 0 aromatic carbocycles. The lowest BCUT2D eigenvalue weighted by atomic mass is 9.85. The molecule has 2 fully saturated rings. The molecule has 9 heteroatoms. The van der Waals surface area contributed by atoms with Crippen molar-refractivity contribution in [2.45, 2.75) is 57.2 Å². The summed E-state index contributed by atoms with van der Waals surface area (Å²) >= 11 is 1.69. The van der Waals surface area contributed by atoms with Crippen molar-refractivity contribution in [3.63, 3.8) is 0 Å². The summed E-state index contributed by atoms with van der Waals surface area (Å²) in [6, 6.07) is 0.0517. The molecule has 27 heavy (non-hydrogen) atoms. The second kappa shape index (κ2) is 9.12. The van der Waals surface area contributed by atoms with E-state index in [1.165, 1.54) is 12.8 Å². The Morgan fingerprint density at radius 1 is 1.26 bits per heavy atom. The van der Waals surface area contributed by atoms with Crippen LogP contribution in [0.5, 0.6) is 0 Å². The minimum atomic E-state index is -4.06. The fraction of sp³-hybridized carbons (Fsp3) is 0.778. The molecular weight excluding hydrogens is 375 g/mol. The number of nitrogens with one attached hydrogen (secondary N) is 2. The highest BCUT2D eigenvalue weighted by Gasteiger charge is 2.41. The van der Waals surface area contributed by atoms with Gasteiger partial charge in [-0.3, -0.25) is 4.99 Å². The highest BCUT2D eigenvalue weighted by molar-refractivity contribution is 7.13. The van der Waals surface area contributed by atoms with Crippen LogP contribution < -0.4 is 15.5 Å². The van der Waals surface area contributed by atoms with Crippen LogP contribution in [-0.2, 0) is 6.42 Å². The van der Waals surface area contributed by atoms with Gasteiger partial charge in [0.15, 0.2) is 11.1 Å². The number of halogens is 3. The highest BCUT2D eigenvalue weighted by atomic mass is 32.1. The number of hydrogen-bond acceptors (Lipinski definition) is 4. The van der Waals surface area contributed by atoms with Gasteiger partial charge in [0.25, 0.3) is 0 Å². The van der Waals surface area contributed by atoms with E-state index in [2.05, 4.69) is 25.9 Å². The second-order valence-electron chi connectivity index (χ2n) is 7.30. The lowest BCUT2D eigenvalue weighted by Gasteiger charge is -2.31. The Balaban J connectivity index is 1.38. The molecule has 1 saturated carbocycles. The number of rotatable bonds is 5. The van der Waals surface area contributed by atoms with Crippen molar-refractivity contribution in [2.24, 2.45) is 10.9 Å². The number of nitrogens with zero attached hydrogens (tertiary/aromatic N) is 3. The molecule has 3 rings (SSSR count). The van der Waals surface area contributed by atoms with Gasteiger partial charge in [-0.25, -0.2) is 4.98 Å². The monoisotopic (exact) mass is 403 g/mol. The predicted molar refractivity (Wildman–Crippen MR) is 104 cm³/mol. The van der Waals surface area contributed by atoms with Crippen molar-refractivity contribution in [1.82, 2.24) is 15.6 Å². The van der Waals surface area contributed by atoms with Crippen molar-refractivity contribution in [3.8, 4) is 0 Å². The minimum Gasteiger partial charge on any atom is -0.356 e. The van der Waals surface area contributed by atoms with E-state index in [0.717, 1.165) is 30.3 Å². The second-order valence-corrected chi connectivity index (χ2v) is 8.14. The van der Waals surface area contributed by atoms with E-state index < -0.39 is 12.1 Å². The third kappa shape index (κ3) is 5.73. The quantitative estimate of drug-likeness (QED) is 0.583. The summed E-state index contributed by atoms with van der Waals surface area (Å²) in [6.07, 6.45) is 0.643. The number of anilines is 1. The van der Waals surface area contributed by atoms with Crippen molar-refractivity contribution < 1.29 is 13.2 Å². The number of hydrogen-bond donors (Lipinski definition) is 2. The van der Waals surface area contributed by atoms with Crippen molar-refractivity contribution in [2.75, 3.05) is 31.6 Å². The normalized spacial score (nSPS) is 24.3. The van der Waals surface area contributed by atoms with Crippen LogP contribution in [0, 0.1) is 5.92 Å². The van der Waals surface area contributed by atoms with Crippen LogP contribution in [0.25, 0.3) is 0 Å². The van der Waals surface area contributed by atoms with E-state index in [1.807, 2.05) is 0 Å². The zero-order valence-electron chi connectivity index (χ0n) is 15.7. The van der Waals surface area contributed by atoms with Crippen molar-refractivity contribution >= 4 is 22.4 Å². The number of thiazole rings is 1. The molecule has 0 unspecified atom stereocenters. The van der Waals surface area contributed by atoms with E-state index in [-0.39, 0.29) is 18.9 Å². The van der Waals surface area contributed by atoms with E-state index in [0.29, 0.717) is 25.3 Å². The van der Waals surface area contributed by atoms with Gasteiger partial charge >= 0.3 is 6.18 Å². The van der Waals surface area contributed by atoms with Crippen LogP contribution in [-0.4, -0.2) is 49.8 Å². The molecule has 152 valence electrons. The topological polar surface area (TPSA) is 52.6 Å². The zero-order valence-corrected chi connectivity index (χ0v) is 16.5. The smallest absolute Gasteiger partial charge is 0.356 e. The first kappa shape index (κ1) is 20.2. The molecule has 0 atom stereocenters. The lowest BCUT2D eigenvalue weighted by molar-refractivity contribution is -0.182. The van der Waals surface area contributed by atoms with Gasteiger partial charge in [0, 0.05) is 44.5 Å². The number of guanidine groups is 1. The Bertz CT molecular complexity index is 617. The Kier molecular flexibility index (Phi) is 6.83. The fourth-order valence-corrected chi connectivity index (χ4v) is 4.64. The number of alkyl halides is 3. The number of aliphatic imine (C=N–C) groups is 1. The Morgan fingerprint density at radius 3 is 2.59 bits per heavy atom. The molecule has 2 N–H and O–H groups in total. The molecule has 0 amide bonds. The summed E-state index contributed by atoms with van der Waals surface area (Å²) in [4.78, 5) is 11.2. The summed E-state index contributed by atoms with van der Waals surface area (Å²) in [5.41, 5.74) is 1.07. The van der Waals surface area contributed by atoms with Crippen LogP contribution in [0.4, 0.5) is 18.3 Å². The van der Waals surface area contributed by atoms with Gasteiger partial charge in [-0.15, -0.1) is 11.3 Å². The largest absolute Gasteiger partial charge is 0.391 e. The van der Waals surface area contributed by atoms with Crippen molar-refractivity contribution in [3.05, 3.63) is 11.1 Å². The van der Waals surface area contributed by atoms with E-state index in [1.54, 1.807) is 18.4 Å². The molecule has 2 heterocycles. The predicted octanol–water partition coefficient (Wildman–Crippen LogP) is 3.57. The summed E-state index contributed by atoms with van der Waals surface area (Å²) in [5, 5.41) is 9.72. The number of aromatic nitrogens is 1. The summed E-state index contributed by atoms with van der Waals surface area (Å²) < 4.78 is 38.3. The first-order valence-corrected chi connectivity index (χ1v) is 10.6. The van der Waals surface area contributed by atoms with Crippen LogP contribution in [0.1, 0.15) is 44.2 Å². The van der Waals surface area contributed by atoms with Crippen molar-refractivity contribution in [1.29, 1.82) is 0 Å². The molecule has 1 aromatic rings. The molecule has 2 aliphatic rings. The standard InChI is InChI=1S/C18H28F3N5S/c1-22-16(24-14-6-4-13(5-7-14)18(19,20)21)23-9-8-15-12-27-17(25-15)26-10-2-3-11-26/h12-14H,2-11H2,1H3,(H2,22,23,24). The molecule has 0 bridgehead atoms. The van der Waals surface area contributed by atoms with Gasteiger partial charge in [-0.1, -0.05) is 0 Å². The molecule has 0 radical (unpaired) electrons. The molecule has 1 saturated heterocycles. The Morgan fingerprint density at radius 2 is 1.96 bits per heavy atom. The third-order valence-corrected chi connectivity index (χ3v) is 6.29. The third-order valence-electron chi connectivity index (χ3n) is 5.34. The average molecular weight is 404 g/mol. The van der Waals surface area contributed by atoms with Gasteiger partial charge in [0.05, 0.1) is 11.6 Å². The molecule has 1 aromatic heterocycles. The average Bonchev–Trinajstić information content (AvgIpc) is 3.32. The first-order chi connectivity index (χ1) is 13.0. The minimum absolute atomic E-state index is 0.0517. The zero-order chi connectivity index (χ0) is 19.3. The first-order valence-electron chi connectivity index (χ1n) is 9.69. The Hall–Kier alpha value is -1.51.